The second-order valence-electron chi connectivity index (χ2n) is 7.70. The first-order valence-electron chi connectivity index (χ1n) is 9.50. The van der Waals surface area contributed by atoms with Gasteiger partial charge in [-0.05, 0) is 43.2 Å². The number of carbonyl (C=O) groups excluding carboxylic acids is 2. The maximum Gasteiger partial charge on any atom is 0.253 e. The van der Waals surface area contributed by atoms with Crippen molar-refractivity contribution in [2.24, 2.45) is 5.41 Å². The molecular weight excluding hydrogens is 342 g/mol. The number of likely N-dealkylation sites (N-methyl/N-ethyl adjacent to an activating group) is 2. The van der Waals surface area contributed by atoms with Crippen LogP contribution < -0.4 is 4.90 Å². The van der Waals surface area contributed by atoms with Crippen molar-refractivity contribution < 1.29 is 14.3 Å². The van der Waals surface area contributed by atoms with Crippen molar-refractivity contribution in [2.75, 3.05) is 58.4 Å². The van der Waals surface area contributed by atoms with Crippen molar-refractivity contribution in [2.45, 2.75) is 12.8 Å². The van der Waals surface area contributed by atoms with Crippen LogP contribution in [-0.4, -0.2) is 75.1 Å². The maximum atomic E-state index is 12.6. The van der Waals surface area contributed by atoms with Gasteiger partial charge in [-0.15, -0.1) is 0 Å². The van der Waals surface area contributed by atoms with Crippen LogP contribution in [0.4, 0.5) is 5.69 Å². The van der Waals surface area contributed by atoms with Crippen molar-refractivity contribution in [1.29, 1.82) is 0 Å². The third-order valence-electron chi connectivity index (χ3n) is 5.78. The minimum absolute atomic E-state index is 0.000512. The van der Waals surface area contributed by atoms with E-state index in [1.807, 2.05) is 7.05 Å². The normalized spacial score (nSPS) is 18.6. The van der Waals surface area contributed by atoms with Crippen LogP contribution in [0.25, 0.3) is 0 Å². The highest BCUT2D eigenvalue weighted by Gasteiger charge is 2.43. The van der Waals surface area contributed by atoms with Gasteiger partial charge in [0.1, 0.15) is 0 Å². The number of hydrogen-bond donors (Lipinski definition) is 0. The zero-order valence-electron chi connectivity index (χ0n) is 16.3. The molecule has 1 aromatic rings. The molecule has 2 saturated heterocycles. The van der Waals surface area contributed by atoms with E-state index >= 15 is 0 Å². The number of anilines is 1. The summed E-state index contributed by atoms with van der Waals surface area (Å²) in [6, 6.07) is 7.10. The molecule has 0 saturated carbocycles. The van der Waals surface area contributed by atoms with Gasteiger partial charge >= 0.3 is 0 Å². The van der Waals surface area contributed by atoms with E-state index in [4.69, 9.17) is 4.74 Å². The summed E-state index contributed by atoms with van der Waals surface area (Å²) in [7, 11) is 3.53. The van der Waals surface area contributed by atoms with E-state index in [-0.39, 0.29) is 11.8 Å². The molecule has 0 bridgehead atoms. The summed E-state index contributed by atoms with van der Waals surface area (Å²) in [6.45, 7) is 9.11. The summed E-state index contributed by atoms with van der Waals surface area (Å²) in [5, 5.41) is 0. The topological polar surface area (TPSA) is 53.1 Å². The average molecular weight is 371 g/mol. The highest BCUT2D eigenvalue weighted by Crippen LogP contribution is 2.39. The fourth-order valence-electron chi connectivity index (χ4n) is 3.89. The molecule has 2 heterocycles. The fraction of sp³-hybridized carbons (Fsp3) is 0.524. The summed E-state index contributed by atoms with van der Waals surface area (Å²) in [5.74, 6) is -0.177. The number of ether oxygens (including phenoxy) is 1. The average Bonchev–Trinajstić information content (AvgIpc) is 2.69. The Balaban J connectivity index is 1.47. The Bertz CT molecular complexity index is 687. The van der Waals surface area contributed by atoms with Crippen LogP contribution in [0, 0.1) is 5.41 Å². The van der Waals surface area contributed by atoms with Crippen LogP contribution in [0.1, 0.15) is 23.2 Å². The molecule has 0 unspecified atom stereocenters. The molecule has 0 aliphatic carbocycles. The van der Waals surface area contributed by atoms with Gasteiger partial charge in [0.15, 0.2) is 0 Å². The molecule has 2 aliphatic heterocycles. The minimum atomic E-state index is -0.178. The molecule has 146 valence electrons. The summed E-state index contributed by atoms with van der Waals surface area (Å²) >= 11 is 0. The largest absolute Gasteiger partial charge is 0.381 e. The standard InChI is InChI=1S/C21H29N3O3/c1-4-19(25)23(3)18-7-5-17(6-8-18)20(26)22(2)11-12-24-15-21(16-24)9-13-27-14-10-21/h4-8H,1,9-16H2,2-3H3. The molecule has 1 spiro atoms. The van der Waals surface area contributed by atoms with Gasteiger partial charge in [0, 0.05) is 70.2 Å². The van der Waals surface area contributed by atoms with Gasteiger partial charge in [-0.1, -0.05) is 6.58 Å². The quantitative estimate of drug-likeness (QED) is 0.718. The Kier molecular flexibility index (Phi) is 5.97. The van der Waals surface area contributed by atoms with Crippen molar-refractivity contribution >= 4 is 17.5 Å². The summed E-state index contributed by atoms with van der Waals surface area (Å²) in [6.07, 6.45) is 3.59. The minimum Gasteiger partial charge on any atom is -0.381 e. The van der Waals surface area contributed by atoms with Crippen molar-refractivity contribution in [3.8, 4) is 0 Å². The number of rotatable bonds is 6. The Morgan fingerprint density at radius 1 is 1.19 bits per heavy atom. The Morgan fingerprint density at radius 3 is 2.41 bits per heavy atom. The number of likely N-dealkylation sites (tertiary alicyclic amines) is 1. The number of benzene rings is 1. The van der Waals surface area contributed by atoms with Gasteiger partial charge in [-0.2, -0.15) is 0 Å². The predicted molar refractivity (Wildman–Crippen MR) is 106 cm³/mol. The van der Waals surface area contributed by atoms with Crippen molar-refractivity contribution in [1.82, 2.24) is 9.80 Å². The molecule has 2 amide bonds. The van der Waals surface area contributed by atoms with Crippen LogP contribution >= 0.6 is 0 Å². The molecule has 27 heavy (non-hydrogen) atoms. The van der Waals surface area contributed by atoms with E-state index < -0.39 is 0 Å². The molecule has 0 atom stereocenters. The third kappa shape index (κ3) is 4.39. The fourth-order valence-corrected chi connectivity index (χ4v) is 3.89. The van der Waals surface area contributed by atoms with E-state index in [0.29, 0.717) is 17.5 Å². The first kappa shape index (κ1) is 19.6. The van der Waals surface area contributed by atoms with E-state index in [9.17, 15) is 9.59 Å². The van der Waals surface area contributed by atoms with Crippen LogP contribution in [0.15, 0.2) is 36.9 Å². The molecule has 0 aromatic heterocycles. The zero-order valence-corrected chi connectivity index (χ0v) is 16.3. The second-order valence-corrected chi connectivity index (χ2v) is 7.70. The van der Waals surface area contributed by atoms with E-state index in [1.54, 1.807) is 36.2 Å². The maximum absolute atomic E-state index is 12.6. The molecule has 1 aromatic carbocycles. The SMILES string of the molecule is C=CC(=O)N(C)c1ccc(C(=O)N(C)CCN2CC3(CCOCC3)C2)cc1. The van der Waals surface area contributed by atoms with Gasteiger partial charge in [0.2, 0.25) is 5.91 Å². The monoisotopic (exact) mass is 371 g/mol. The van der Waals surface area contributed by atoms with Gasteiger partial charge in [-0.25, -0.2) is 0 Å². The van der Waals surface area contributed by atoms with E-state index in [2.05, 4.69) is 11.5 Å². The van der Waals surface area contributed by atoms with Crippen LogP contribution in [0.2, 0.25) is 0 Å². The van der Waals surface area contributed by atoms with Gasteiger partial charge < -0.3 is 19.4 Å². The lowest BCUT2D eigenvalue weighted by Crippen LogP contribution is -2.59. The summed E-state index contributed by atoms with van der Waals surface area (Å²) < 4.78 is 5.46. The Morgan fingerprint density at radius 2 is 1.81 bits per heavy atom. The highest BCUT2D eigenvalue weighted by molar-refractivity contribution is 6.01. The number of hydrogen-bond acceptors (Lipinski definition) is 4. The molecular formula is C21H29N3O3. The van der Waals surface area contributed by atoms with Crippen LogP contribution in [0.3, 0.4) is 0 Å². The lowest BCUT2D eigenvalue weighted by Gasteiger charge is -2.52. The van der Waals surface area contributed by atoms with E-state index in [0.717, 1.165) is 51.4 Å². The number of carbonyl (C=O) groups is 2. The third-order valence-corrected chi connectivity index (χ3v) is 5.78. The summed E-state index contributed by atoms with van der Waals surface area (Å²) in [4.78, 5) is 30.0. The molecule has 6 nitrogen and oxygen atoms in total. The highest BCUT2D eigenvalue weighted by atomic mass is 16.5. The number of nitrogens with zero attached hydrogens (tertiary/aromatic N) is 3. The van der Waals surface area contributed by atoms with E-state index in [1.165, 1.54) is 11.0 Å². The van der Waals surface area contributed by atoms with Crippen molar-refractivity contribution in [3.63, 3.8) is 0 Å². The molecule has 6 heteroatoms. The zero-order chi connectivity index (χ0) is 19.4. The van der Waals surface area contributed by atoms with Crippen LogP contribution in [0.5, 0.6) is 0 Å². The van der Waals surface area contributed by atoms with Gasteiger partial charge in [-0.3, -0.25) is 9.59 Å². The van der Waals surface area contributed by atoms with Crippen molar-refractivity contribution in [3.05, 3.63) is 42.5 Å². The van der Waals surface area contributed by atoms with Gasteiger partial charge in [0.05, 0.1) is 0 Å². The smallest absolute Gasteiger partial charge is 0.253 e. The lowest BCUT2D eigenvalue weighted by atomic mass is 9.73. The molecule has 3 rings (SSSR count). The van der Waals surface area contributed by atoms with Gasteiger partial charge in [0.25, 0.3) is 5.91 Å². The lowest BCUT2D eigenvalue weighted by molar-refractivity contribution is -0.113. The number of amides is 2. The molecule has 2 fully saturated rings. The second kappa shape index (κ2) is 8.23. The Labute approximate surface area is 161 Å². The summed E-state index contributed by atoms with van der Waals surface area (Å²) in [5.41, 5.74) is 1.83. The predicted octanol–water partition coefficient (Wildman–Crippen LogP) is 2.02. The molecule has 2 aliphatic rings. The van der Waals surface area contributed by atoms with Crippen LogP contribution in [-0.2, 0) is 9.53 Å². The Hall–Kier alpha value is -2.18. The molecule has 0 N–H and O–H groups in total. The first-order valence-corrected chi connectivity index (χ1v) is 9.50. The molecule has 0 radical (unpaired) electrons. The first-order chi connectivity index (χ1) is 12.9.